The Balaban J connectivity index is 1.63. The van der Waals surface area contributed by atoms with Crippen molar-refractivity contribution in [1.82, 2.24) is 0 Å². The van der Waals surface area contributed by atoms with Crippen LogP contribution >= 0.6 is 0 Å². The van der Waals surface area contributed by atoms with E-state index < -0.39 is 14.9 Å². The number of hydrogen-bond acceptors (Lipinski definition) is 8. The molecule has 33 heavy (non-hydrogen) atoms. The third-order valence-electron chi connectivity index (χ3n) is 4.89. The smallest absolute Gasteiger partial charge is 0.270 e. The molecule has 0 aliphatic carbocycles. The molecule has 10 nitrogen and oxygen atoms in total. The van der Waals surface area contributed by atoms with Gasteiger partial charge in [-0.2, -0.15) is 5.10 Å². The van der Waals surface area contributed by atoms with Crippen molar-refractivity contribution in [2.24, 2.45) is 5.10 Å². The predicted octanol–water partition coefficient (Wildman–Crippen LogP) is 4.19. The molecule has 3 aromatic rings. The largest absolute Gasteiger partial charge is 0.454 e. The maximum absolute atomic E-state index is 13.1. The quantitative estimate of drug-likeness (QED) is 0.302. The molecule has 1 aliphatic rings. The number of nitrogens with zero attached hydrogens (tertiary/aromatic N) is 2. The Labute approximate surface area is 190 Å². The number of hydrogen-bond donors (Lipinski definition) is 2. The molecule has 0 fully saturated rings. The summed E-state index contributed by atoms with van der Waals surface area (Å²) in [7, 11) is -4.17. The molecule has 1 aliphatic heterocycles. The van der Waals surface area contributed by atoms with Gasteiger partial charge < -0.3 is 9.47 Å². The molecule has 4 rings (SSSR count). The Morgan fingerprint density at radius 3 is 2.52 bits per heavy atom. The second-order valence-electron chi connectivity index (χ2n) is 7.34. The second-order valence-corrected chi connectivity index (χ2v) is 8.99. The first-order valence-corrected chi connectivity index (χ1v) is 11.3. The van der Waals surface area contributed by atoms with E-state index in [1.807, 2.05) is 13.0 Å². The highest BCUT2D eigenvalue weighted by atomic mass is 32.2. The molecule has 0 spiro atoms. The number of non-ortho nitro benzene ring substituents is 1. The molecule has 0 saturated carbocycles. The summed E-state index contributed by atoms with van der Waals surface area (Å²) in [5, 5.41) is 15.3. The van der Waals surface area contributed by atoms with Crippen LogP contribution in [0.5, 0.6) is 11.5 Å². The van der Waals surface area contributed by atoms with Gasteiger partial charge in [0.15, 0.2) is 11.5 Å². The molecule has 3 aromatic carbocycles. The van der Waals surface area contributed by atoms with Gasteiger partial charge in [-0.05, 0) is 55.3 Å². The second kappa shape index (κ2) is 8.79. The standard InChI is InChI=1S/C22H20N4O6S/c1-14-3-6-18(15(2)9-14)25-33(29,30)22-11-17(26(27)28)5-7-19(22)24-23-12-16-4-8-20-21(10-16)32-13-31-20/h3-12,24-25H,13H2,1-2H3/b23-12+. The molecule has 0 saturated heterocycles. The van der Waals surface area contributed by atoms with Crippen molar-refractivity contribution >= 4 is 33.3 Å². The summed E-state index contributed by atoms with van der Waals surface area (Å²) in [6.45, 7) is 3.81. The van der Waals surface area contributed by atoms with Crippen molar-refractivity contribution in [3.05, 3.63) is 81.4 Å². The molecule has 11 heteroatoms. The van der Waals surface area contributed by atoms with E-state index in [2.05, 4.69) is 15.2 Å². The van der Waals surface area contributed by atoms with Crippen LogP contribution in [-0.4, -0.2) is 26.3 Å². The summed E-state index contributed by atoms with van der Waals surface area (Å²) in [6, 6.07) is 14.0. The summed E-state index contributed by atoms with van der Waals surface area (Å²) >= 11 is 0. The van der Waals surface area contributed by atoms with Gasteiger partial charge in [0.1, 0.15) is 4.90 Å². The molecule has 170 valence electrons. The summed E-state index contributed by atoms with van der Waals surface area (Å²) in [5.74, 6) is 1.21. The van der Waals surface area contributed by atoms with Gasteiger partial charge in [0.2, 0.25) is 6.79 Å². The fraction of sp³-hybridized carbons (Fsp3) is 0.136. The van der Waals surface area contributed by atoms with Crippen LogP contribution in [0.1, 0.15) is 16.7 Å². The van der Waals surface area contributed by atoms with Crippen LogP contribution < -0.4 is 19.6 Å². The van der Waals surface area contributed by atoms with Crippen LogP contribution in [0.4, 0.5) is 17.1 Å². The maximum atomic E-state index is 13.1. The van der Waals surface area contributed by atoms with E-state index in [1.165, 1.54) is 18.3 Å². The van der Waals surface area contributed by atoms with E-state index in [0.29, 0.717) is 22.7 Å². The van der Waals surface area contributed by atoms with Gasteiger partial charge in [0.25, 0.3) is 15.7 Å². The lowest BCUT2D eigenvalue weighted by atomic mass is 10.1. The van der Waals surface area contributed by atoms with Crippen LogP contribution in [0, 0.1) is 24.0 Å². The summed E-state index contributed by atoms with van der Waals surface area (Å²) in [5.41, 5.74) is 5.15. The minimum Gasteiger partial charge on any atom is -0.454 e. The van der Waals surface area contributed by atoms with E-state index in [-0.39, 0.29) is 23.1 Å². The monoisotopic (exact) mass is 468 g/mol. The molecule has 0 amide bonds. The summed E-state index contributed by atoms with van der Waals surface area (Å²) < 4.78 is 39.4. The number of ether oxygens (including phenoxy) is 2. The van der Waals surface area contributed by atoms with Crippen molar-refractivity contribution in [3.8, 4) is 11.5 Å². The molecule has 0 radical (unpaired) electrons. The number of aryl methyl sites for hydroxylation is 2. The van der Waals surface area contributed by atoms with Crippen LogP contribution in [-0.2, 0) is 10.0 Å². The molecular formula is C22H20N4O6S. The maximum Gasteiger partial charge on any atom is 0.270 e. The molecule has 0 aromatic heterocycles. The first kappa shape index (κ1) is 22.1. The van der Waals surface area contributed by atoms with Crippen molar-refractivity contribution in [1.29, 1.82) is 0 Å². The Kier molecular flexibility index (Phi) is 5.88. The number of benzene rings is 3. The average Bonchev–Trinajstić information content (AvgIpc) is 3.23. The molecule has 1 heterocycles. The number of nitro groups is 1. The highest BCUT2D eigenvalue weighted by Gasteiger charge is 2.23. The van der Waals surface area contributed by atoms with Crippen molar-refractivity contribution in [2.75, 3.05) is 16.9 Å². The number of rotatable bonds is 7. The van der Waals surface area contributed by atoms with E-state index in [0.717, 1.165) is 17.2 Å². The Hall–Kier alpha value is -4.12. The number of fused-ring (bicyclic) bond motifs is 1. The van der Waals surface area contributed by atoms with Crippen LogP contribution in [0.2, 0.25) is 0 Å². The SMILES string of the molecule is Cc1ccc(NS(=O)(=O)c2cc([N+](=O)[O-])ccc2N/N=C/c2ccc3c(c2)OCO3)c(C)c1. The lowest BCUT2D eigenvalue weighted by Crippen LogP contribution is -2.16. The Morgan fingerprint density at radius 2 is 1.76 bits per heavy atom. The van der Waals surface area contributed by atoms with Crippen LogP contribution in [0.3, 0.4) is 0 Å². The zero-order chi connectivity index (χ0) is 23.6. The molecular weight excluding hydrogens is 448 g/mol. The lowest BCUT2D eigenvalue weighted by Gasteiger charge is -2.14. The normalized spacial score (nSPS) is 12.7. The molecule has 0 atom stereocenters. The Morgan fingerprint density at radius 1 is 1.00 bits per heavy atom. The highest BCUT2D eigenvalue weighted by Crippen LogP contribution is 2.32. The number of hydrazone groups is 1. The fourth-order valence-electron chi connectivity index (χ4n) is 3.24. The van der Waals surface area contributed by atoms with Gasteiger partial charge >= 0.3 is 0 Å². The van der Waals surface area contributed by atoms with E-state index in [1.54, 1.807) is 37.3 Å². The topological polar surface area (TPSA) is 132 Å². The number of anilines is 2. The van der Waals surface area contributed by atoms with Gasteiger partial charge in [0.05, 0.1) is 22.5 Å². The van der Waals surface area contributed by atoms with Gasteiger partial charge in [0, 0.05) is 12.1 Å². The van der Waals surface area contributed by atoms with Gasteiger partial charge in [-0.15, -0.1) is 0 Å². The molecule has 0 bridgehead atoms. The minimum absolute atomic E-state index is 0.0786. The minimum atomic E-state index is -4.17. The van der Waals surface area contributed by atoms with E-state index in [4.69, 9.17) is 9.47 Å². The van der Waals surface area contributed by atoms with Crippen molar-refractivity contribution in [3.63, 3.8) is 0 Å². The van der Waals surface area contributed by atoms with Gasteiger partial charge in [-0.25, -0.2) is 8.42 Å². The summed E-state index contributed by atoms with van der Waals surface area (Å²) in [6.07, 6.45) is 1.47. The highest BCUT2D eigenvalue weighted by molar-refractivity contribution is 7.92. The number of nitro benzene ring substituents is 1. The first-order valence-electron chi connectivity index (χ1n) is 9.80. The van der Waals surface area contributed by atoms with Crippen LogP contribution in [0.25, 0.3) is 0 Å². The lowest BCUT2D eigenvalue weighted by molar-refractivity contribution is -0.385. The predicted molar refractivity (Wildman–Crippen MR) is 124 cm³/mol. The van der Waals surface area contributed by atoms with Crippen molar-refractivity contribution < 1.29 is 22.8 Å². The number of sulfonamides is 1. The third-order valence-corrected chi connectivity index (χ3v) is 6.29. The zero-order valence-electron chi connectivity index (χ0n) is 17.7. The molecule has 2 N–H and O–H groups in total. The average molecular weight is 468 g/mol. The summed E-state index contributed by atoms with van der Waals surface area (Å²) in [4.78, 5) is 10.3. The fourth-order valence-corrected chi connectivity index (χ4v) is 4.54. The zero-order valence-corrected chi connectivity index (χ0v) is 18.5. The Bertz CT molecular complexity index is 1370. The van der Waals surface area contributed by atoms with E-state index in [9.17, 15) is 18.5 Å². The molecule has 0 unspecified atom stereocenters. The van der Waals surface area contributed by atoms with Crippen LogP contribution in [0.15, 0.2) is 64.6 Å². The number of nitrogens with one attached hydrogen (secondary N) is 2. The van der Waals surface area contributed by atoms with Crippen molar-refractivity contribution in [2.45, 2.75) is 18.7 Å². The van der Waals surface area contributed by atoms with E-state index >= 15 is 0 Å². The third kappa shape index (κ3) is 4.88. The van der Waals surface area contributed by atoms with Gasteiger partial charge in [-0.1, -0.05) is 17.7 Å². The van der Waals surface area contributed by atoms with Gasteiger partial charge in [-0.3, -0.25) is 20.3 Å². The first-order chi connectivity index (χ1) is 15.7.